The Labute approximate surface area is 98.9 Å². The van der Waals surface area contributed by atoms with Crippen molar-refractivity contribution >= 4 is 26.0 Å². The van der Waals surface area contributed by atoms with Gasteiger partial charge in [0.05, 0.1) is 4.90 Å². The molecule has 5 heteroatoms. The minimum absolute atomic E-state index is 0.241. The van der Waals surface area contributed by atoms with E-state index >= 15 is 0 Å². The Morgan fingerprint density at radius 2 is 1.73 bits per heavy atom. The summed E-state index contributed by atoms with van der Waals surface area (Å²) < 4.78 is 23.6. The summed E-state index contributed by atoms with van der Waals surface area (Å²) in [5.41, 5.74) is 1.71. The van der Waals surface area contributed by atoms with Gasteiger partial charge in [-0.15, -0.1) is 0 Å². The van der Waals surface area contributed by atoms with Gasteiger partial charge in [0.1, 0.15) is 0 Å². The molecule has 0 saturated heterocycles. The predicted octanol–water partition coefficient (Wildman–Crippen LogP) is 2.22. The van der Waals surface area contributed by atoms with Gasteiger partial charge in [-0.3, -0.25) is 0 Å². The van der Waals surface area contributed by atoms with Gasteiger partial charge in [-0.05, 0) is 36.1 Å². The van der Waals surface area contributed by atoms with E-state index in [-0.39, 0.29) is 4.90 Å². The number of halogens is 1. The Morgan fingerprint density at radius 3 is 2.13 bits per heavy atom. The van der Waals surface area contributed by atoms with Crippen molar-refractivity contribution in [2.75, 3.05) is 0 Å². The van der Waals surface area contributed by atoms with Crippen LogP contribution in [0.15, 0.2) is 21.5 Å². The van der Waals surface area contributed by atoms with Crippen LogP contribution in [0, 0.1) is 0 Å². The molecule has 0 amide bonds. The summed E-state index contributed by atoms with van der Waals surface area (Å²) in [5, 5.41) is 5.16. The highest BCUT2D eigenvalue weighted by Crippen LogP contribution is 2.25. The number of hydrogen-bond acceptors (Lipinski definition) is 2. The van der Waals surface area contributed by atoms with E-state index in [4.69, 9.17) is 5.14 Å². The smallest absolute Gasteiger partial charge is 0.225 e. The van der Waals surface area contributed by atoms with E-state index in [9.17, 15) is 8.42 Å². The zero-order valence-corrected chi connectivity index (χ0v) is 11.2. The first-order chi connectivity index (χ1) is 6.90. The molecule has 1 aromatic rings. The van der Waals surface area contributed by atoms with Crippen LogP contribution in [-0.2, 0) is 22.9 Å². The Kier molecular flexibility index (Phi) is 3.92. The Morgan fingerprint density at radius 1 is 1.20 bits per heavy atom. The molecule has 0 aliphatic heterocycles. The number of nitrogens with two attached hydrogens (primary N) is 1. The lowest BCUT2D eigenvalue weighted by Crippen LogP contribution is -2.15. The van der Waals surface area contributed by atoms with E-state index in [1.54, 1.807) is 6.07 Å². The van der Waals surface area contributed by atoms with E-state index in [0.717, 1.165) is 22.0 Å². The summed E-state index contributed by atoms with van der Waals surface area (Å²) in [6.45, 7) is 3.88. The zero-order valence-electron chi connectivity index (χ0n) is 8.75. The number of rotatable bonds is 3. The summed E-state index contributed by atoms with van der Waals surface area (Å²) in [5.74, 6) is 0. The monoisotopic (exact) mass is 291 g/mol. The van der Waals surface area contributed by atoms with E-state index in [1.807, 2.05) is 19.9 Å². The molecule has 2 N–H and O–H groups in total. The average Bonchev–Trinajstić information content (AvgIpc) is 2.15. The van der Waals surface area contributed by atoms with Crippen molar-refractivity contribution in [3.05, 3.63) is 27.7 Å². The maximum atomic E-state index is 11.4. The second kappa shape index (κ2) is 4.63. The molecule has 0 atom stereocenters. The van der Waals surface area contributed by atoms with Crippen LogP contribution in [0.2, 0.25) is 0 Å². The third kappa shape index (κ3) is 2.80. The quantitative estimate of drug-likeness (QED) is 0.928. The number of aryl methyl sites for hydroxylation is 2. The van der Waals surface area contributed by atoms with Crippen molar-refractivity contribution in [3.63, 3.8) is 0 Å². The minimum atomic E-state index is -3.62. The van der Waals surface area contributed by atoms with Gasteiger partial charge in [0.15, 0.2) is 0 Å². The molecule has 0 fully saturated rings. The summed E-state index contributed by atoms with van der Waals surface area (Å²) in [6, 6.07) is 3.48. The molecule has 0 aliphatic rings. The molecule has 0 saturated carbocycles. The molecule has 0 heterocycles. The first-order valence-corrected chi connectivity index (χ1v) is 7.08. The average molecular weight is 292 g/mol. The Bertz CT molecular complexity index is 469. The molecule has 0 aliphatic carbocycles. The third-order valence-corrected chi connectivity index (χ3v) is 4.03. The molecule has 84 valence electrons. The number of hydrogen-bond donors (Lipinski definition) is 1. The molecule has 0 spiro atoms. The largest absolute Gasteiger partial charge is 0.238 e. The normalized spacial score (nSPS) is 11.7. The Hall–Kier alpha value is -0.390. The second-order valence-electron chi connectivity index (χ2n) is 3.30. The van der Waals surface area contributed by atoms with Gasteiger partial charge >= 0.3 is 0 Å². The summed E-state index contributed by atoms with van der Waals surface area (Å²) >= 11 is 3.41. The standard InChI is InChI=1S/C10H14BrNO2S/c1-3-7-6-10(15(12,13)14)8(4-2)5-9(7)11/h5-6H,3-4H2,1-2H3,(H2,12,13,14). The van der Waals surface area contributed by atoms with Crippen LogP contribution in [0.1, 0.15) is 25.0 Å². The number of sulfonamides is 1. The first kappa shape index (κ1) is 12.7. The fourth-order valence-electron chi connectivity index (χ4n) is 1.45. The van der Waals surface area contributed by atoms with Gasteiger partial charge in [-0.25, -0.2) is 13.6 Å². The molecule has 3 nitrogen and oxygen atoms in total. The van der Waals surface area contributed by atoms with Gasteiger partial charge < -0.3 is 0 Å². The van der Waals surface area contributed by atoms with Gasteiger partial charge in [-0.1, -0.05) is 29.8 Å². The van der Waals surface area contributed by atoms with Crippen LogP contribution in [-0.4, -0.2) is 8.42 Å². The van der Waals surface area contributed by atoms with Crippen LogP contribution >= 0.6 is 15.9 Å². The van der Waals surface area contributed by atoms with Crippen LogP contribution in [0.25, 0.3) is 0 Å². The summed E-state index contributed by atoms with van der Waals surface area (Å²) in [6.07, 6.45) is 1.42. The number of benzene rings is 1. The molecular formula is C10H14BrNO2S. The highest BCUT2D eigenvalue weighted by molar-refractivity contribution is 9.10. The van der Waals surface area contributed by atoms with Crippen molar-refractivity contribution in [1.82, 2.24) is 0 Å². The molecule has 0 radical (unpaired) electrons. The lowest BCUT2D eigenvalue weighted by atomic mass is 10.1. The molecule has 0 unspecified atom stereocenters. The lowest BCUT2D eigenvalue weighted by molar-refractivity contribution is 0.596. The van der Waals surface area contributed by atoms with Crippen LogP contribution in [0.3, 0.4) is 0 Å². The predicted molar refractivity (Wildman–Crippen MR) is 64.3 cm³/mol. The highest BCUT2D eigenvalue weighted by atomic mass is 79.9. The fraction of sp³-hybridized carbons (Fsp3) is 0.400. The van der Waals surface area contributed by atoms with Gasteiger partial charge in [0.2, 0.25) is 10.0 Å². The minimum Gasteiger partial charge on any atom is -0.225 e. The van der Waals surface area contributed by atoms with Crippen LogP contribution in [0.5, 0.6) is 0 Å². The second-order valence-corrected chi connectivity index (χ2v) is 5.69. The SMILES string of the molecule is CCc1cc(S(N)(=O)=O)c(CC)cc1Br. The molecule has 0 aromatic heterocycles. The van der Waals surface area contributed by atoms with Gasteiger partial charge in [0.25, 0.3) is 0 Å². The first-order valence-electron chi connectivity index (χ1n) is 4.74. The van der Waals surface area contributed by atoms with Gasteiger partial charge in [-0.2, -0.15) is 0 Å². The zero-order chi connectivity index (χ0) is 11.6. The fourth-order valence-corrected chi connectivity index (χ4v) is 3.00. The van der Waals surface area contributed by atoms with Crippen molar-refractivity contribution in [1.29, 1.82) is 0 Å². The molecule has 0 bridgehead atoms. The molecular weight excluding hydrogens is 278 g/mol. The van der Waals surface area contributed by atoms with Gasteiger partial charge in [0, 0.05) is 4.47 Å². The van der Waals surface area contributed by atoms with Crippen molar-refractivity contribution in [2.24, 2.45) is 5.14 Å². The van der Waals surface area contributed by atoms with E-state index < -0.39 is 10.0 Å². The maximum absolute atomic E-state index is 11.4. The van der Waals surface area contributed by atoms with Crippen LogP contribution < -0.4 is 5.14 Å². The maximum Gasteiger partial charge on any atom is 0.238 e. The van der Waals surface area contributed by atoms with Crippen molar-refractivity contribution < 1.29 is 8.42 Å². The summed E-state index contributed by atoms with van der Waals surface area (Å²) in [7, 11) is -3.62. The van der Waals surface area contributed by atoms with E-state index in [2.05, 4.69) is 15.9 Å². The molecule has 1 rings (SSSR count). The molecule has 1 aromatic carbocycles. The highest BCUT2D eigenvalue weighted by Gasteiger charge is 2.15. The lowest BCUT2D eigenvalue weighted by Gasteiger charge is -2.10. The summed E-state index contributed by atoms with van der Waals surface area (Å²) in [4.78, 5) is 0.241. The van der Waals surface area contributed by atoms with E-state index in [1.165, 1.54) is 0 Å². The van der Waals surface area contributed by atoms with E-state index in [0.29, 0.717) is 6.42 Å². The van der Waals surface area contributed by atoms with Crippen molar-refractivity contribution in [2.45, 2.75) is 31.6 Å². The Balaban J connectivity index is 3.49. The van der Waals surface area contributed by atoms with Crippen molar-refractivity contribution in [3.8, 4) is 0 Å². The third-order valence-electron chi connectivity index (χ3n) is 2.30. The topological polar surface area (TPSA) is 60.2 Å². The van der Waals surface area contributed by atoms with Crippen LogP contribution in [0.4, 0.5) is 0 Å². The number of primary sulfonamides is 1. The molecule has 15 heavy (non-hydrogen) atoms.